The predicted octanol–water partition coefficient (Wildman–Crippen LogP) is 2.71. The second kappa shape index (κ2) is 15.2. The monoisotopic (exact) mass is 446 g/mol. The van der Waals surface area contributed by atoms with Crippen LogP contribution in [0.4, 0.5) is 0 Å². The molecule has 0 aliphatic carbocycles. The van der Waals surface area contributed by atoms with Gasteiger partial charge in [0.25, 0.3) is 0 Å². The van der Waals surface area contributed by atoms with Gasteiger partial charge in [0.05, 0.1) is 0 Å². The number of aryl methyl sites for hydroxylation is 1. The first-order valence-electron chi connectivity index (χ1n) is 8.59. The number of rotatable bonds is 10. The molecule has 24 heavy (non-hydrogen) atoms. The van der Waals surface area contributed by atoms with Gasteiger partial charge in [-0.2, -0.15) is 0 Å². The van der Waals surface area contributed by atoms with Crippen LogP contribution in [0.15, 0.2) is 35.3 Å². The highest BCUT2D eigenvalue weighted by Gasteiger charge is 2.01. The standard InChI is InChI=1S/C18H30N4O.HI/c1-3-13-20-17(23)12-15-22-18(19-4-2)21-14-8-11-16-9-6-5-7-10-16;/h5-7,9-10H,3-4,8,11-15H2,1-2H3,(H,20,23)(H2,19,21,22);1H. The Kier molecular flexibility index (Phi) is 14.4. The smallest absolute Gasteiger partial charge is 0.221 e. The van der Waals surface area contributed by atoms with Gasteiger partial charge in [-0.1, -0.05) is 37.3 Å². The van der Waals surface area contributed by atoms with Gasteiger partial charge >= 0.3 is 0 Å². The molecule has 3 N–H and O–H groups in total. The molecule has 0 aliphatic heterocycles. The molecule has 0 aromatic heterocycles. The number of nitrogens with zero attached hydrogens (tertiary/aromatic N) is 1. The SMILES string of the molecule is CCCNC(=O)CCNC(=NCCCc1ccccc1)NCC.I. The van der Waals surface area contributed by atoms with Crippen molar-refractivity contribution in [1.29, 1.82) is 0 Å². The molecule has 5 nitrogen and oxygen atoms in total. The van der Waals surface area contributed by atoms with Gasteiger partial charge in [-0.25, -0.2) is 0 Å². The largest absolute Gasteiger partial charge is 0.357 e. The molecule has 0 aliphatic rings. The number of hydrogen-bond acceptors (Lipinski definition) is 2. The third-order valence-electron chi connectivity index (χ3n) is 3.30. The van der Waals surface area contributed by atoms with E-state index in [1.54, 1.807) is 0 Å². The predicted molar refractivity (Wildman–Crippen MR) is 112 cm³/mol. The minimum absolute atomic E-state index is 0. The molecule has 0 saturated heterocycles. The summed E-state index contributed by atoms with van der Waals surface area (Å²) in [4.78, 5) is 16.1. The third kappa shape index (κ3) is 11.3. The zero-order chi connectivity index (χ0) is 16.8. The zero-order valence-electron chi connectivity index (χ0n) is 14.8. The summed E-state index contributed by atoms with van der Waals surface area (Å²) in [7, 11) is 0. The average molecular weight is 446 g/mol. The van der Waals surface area contributed by atoms with Crippen molar-refractivity contribution in [3.05, 3.63) is 35.9 Å². The van der Waals surface area contributed by atoms with E-state index in [1.807, 2.05) is 19.9 Å². The Morgan fingerprint density at radius 2 is 1.79 bits per heavy atom. The second-order valence-electron chi connectivity index (χ2n) is 5.38. The topological polar surface area (TPSA) is 65.5 Å². The van der Waals surface area contributed by atoms with E-state index in [2.05, 4.69) is 45.2 Å². The summed E-state index contributed by atoms with van der Waals surface area (Å²) in [6.07, 6.45) is 3.47. The lowest BCUT2D eigenvalue weighted by molar-refractivity contribution is -0.120. The van der Waals surface area contributed by atoms with Gasteiger partial charge in [-0.05, 0) is 31.7 Å². The Hall–Kier alpha value is -1.31. The highest BCUT2D eigenvalue weighted by molar-refractivity contribution is 14.0. The Labute approximate surface area is 163 Å². The molecule has 0 saturated carbocycles. The lowest BCUT2D eigenvalue weighted by Crippen LogP contribution is -2.39. The highest BCUT2D eigenvalue weighted by Crippen LogP contribution is 2.02. The van der Waals surface area contributed by atoms with Gasteiger partial charge in [0.2, 0.25) is 5.91 Å². The van der Waals surface area contributed by atoms with E-state index in [-0.39, 0.29) is 29.9 Å². The molecule has 1 aromatic carbocycles. The maximum absolute atomic E-state index is 11.5. The van der Waals surface area contributed by atoms with Gasteiger partial charge in [0, 0.05) is 32.6 Å². The normalized spacial score (nSPS) is 10.7. The van der Waals surface area contributed by atoms with Crippen LogP contribution in [0.1, 0.15) is 38.7 Å². The molecule has 0 bridgehead atoms. The second-order valence-corrected chi connectivity index (χ2v) is 5.38. The molecule has 1 amide bonds. The van der Waals surface area contributed by atoms with Crippen molar-refractivity contribution in [3.8, 4) is 0 Å². The lowest BCUT2D eigenvalue weighted by Gasteiger charge is -2.11. The van der Waals surface area contributed by atoms with Crippen molar-refractivity contribution in [2.24, 2.45) is 4.99 Å². The molecular weight excluding hydrogens is 415 g/mol. The Morgan fingerprint density at radius 1 is 1.04 bits per heavy atom. The van der Waals surface area contributed by atoms with Gasteiger partial charge in [0.1, 0.15) is 0 Å². The number of carbonyl (C=O) groups excluding carboxylic acids is 1. The van der Waals surface area contributed by atoms with Gasteiger partial charge in [-0.3, -0.25) is 9.79 Å². The molecule has 0 heterocycles. The summed E-state index contributed by atoms with van der Waals surface area (Å²) in [6.45, 7) is 7.00. The first kappa shape index (κ1) is 22.7. The number of halogens is 1. The van der Waals surface area contributed by atoms with E-state index in [9.17, 15) is 4.79 Å². The fraction of sp³-hybridized carbons (Fsp3) is 0.556. The molecule has 0 radical (unpaired) electrons. The number of benzene rings is 1. The number of carbonyl (C=O) groups is 1. The summed E-state index contributed by atoms with van der Waals surface area (Å²) in [5, 5.41) is 9.28. The van der Waals surface area contributed by atoms with E-state index in [0.29, 0.717) is 13.0 Å². The Bertz CT molecular complexity index is 465. The molecule has 0 atom stereocenters. The van der Waals surface area contributed by atoms with E-state index in [4.69, 9.17) is 0 Å². The maximum atomic E-state index is 11.5. The average Bonchev–Trinajstić information content (AvgIpc) is 2.57. The molecule has 136 valence electrons. The first-order valence-corrected chi connectivity index (χ1v) is 8.59. The molecule has 1 aromatic rings. The van der Waals surface area contributed by atoms with Crippen molar-refractivity contribution >= 4 is 35.8 Å². The molecule has 6 heteroatoms. The van der Waals surface area contributed by atoms with E-state index in [1.165, 1.54) is 5.56 Å². The summed E-state index contributed by atoms with van der Waals surface area (Å²) in [6, 6.07) is 10.4. The summed E-state index contributed by atoms with van der Waals surface area (Å²) in [5.41, 5.74) is 1.34. The van der Waals surface area contributed by atoms with Crippen molar-refractivity contribution < 1.29 is 4.79 Å². The van der Waals surface area contributed by atoms with Crippen LogP contribution in [0, 0.1) is 0 Å². The van der Waals surface area contributed by atoms with Crippen molar-refractivity contribution in [2.45, 2.75) is 39.5 Å². The fourth-order valence-corrected chi connectivity index (χ4v) is 2.11. The van der Waals surface area contributed by atoms with Crippen LogP contribution in [0.2, 0.25) is 0 Å². The number of aliphatic imine (C=N–C) groups is 1. The Balaban J connectivity index is 0.00000529. The molecular formula is C18H31IN4O. The maximum Gasteiger partial charge on any atom is 0.221 e. The first-order chi connectivity index (χ1) is 11.3. The fourth-order valence-electron chi connectivity index (χ4n) is 2.11. The molecule has 0 spiro atoms. The van der Waals surface area contributed by atoms with Crippen LogP contribution in [0.25, 0.3) is 0 Å². The van der Waals surface area contributed by atoms with Gasteiger partial charge in [0.15, 0.2) is 5.96 Å². The van der Waals surface area contributed by atoms with E-state index >= 15 is 0 Å². The van der Waals surface area contributed by atoms with Crippen molar-refractivity contribution in [3.63, 3.8) is 0 Å². The Morgan fingerprint density at radius 3 is 2.46 bits per heavy atom. The zero-order valence-corrected chi connectivity index (χ0v) is 17.1. The van der Waals surface area contributed by atoms with Crippen LogP contribution in [-0.2, 0) is 11.2 Å². The van der Waals surface area contributed by atoms with Crippen LogP contribution in [0.3, 0.4) is 0 Å². The van der Waals surface area contributed by atoms with Crippen molar-refractivity contribution in [2.75, 3.05) is 26.2 Å². The summed E-state index contributed by atoms with van der Waals surface area (Å²) < 4.78 is 0. The quantitative estimate of drug-likeness (QED) is 0.224. The minimum Gasteiger partial charge on any atom is -0.357 e. The molecule has 1 rings (SSSR count). The minimum atomic E-state index is 0. The summed E-state index contributed by atoms with van der Waals surface area (Å²) >= 11 is 0. The van der Waals surface area contributed by atoms with Crippen LogP contribution in [-0.4, -0.2) is 38.0 Å². The number of hydrogen-bond donors (Lipinski definition) is 3. The van der Waals surface area contributed by atoms with Crippen molar-refractivity contribution in [1.82, 2.24) is 16.0 Å². The van der Waals surface area contributed by atoms with Crippen LogP contribution < -0.4 is 16.0 Å². The molecule has 0 unspecified atom stereocenters. The van der Waals surface area contributed by atoms with Gasteiger partial charge < -0.3 is 16.0 Å². The van der Waals surface area contributed by atoms with Crippen LogP contribution >= 0.6 is 24.0 Å². The van der Waals surface area contributed by atoms with E-state index in [0.717, 1.165) is 44.9 Å². The molecule has 0 fully saturated rings. The van der Waals surface area contributed by atoms with Crippen LogP contribution in [0.5, 0.6) is 0 Å². The lowest BCUT2D eigenvalue weighted by atomic mass is 10.1. The number of amides is 1. The van der Waals surface area contributed by atoms with E-state index < -0.39 is 0 Å². The van der Waals surface area contributed by atoms with Gasteiger partial charge in [-0.15, -0.1) is 24.0 Å². The third-order valence-corrected chi connectivity index (χ3v) is 3.30. The number of nitrogens with one attached hydrogen (secondary N) is 3. The summed E-state index contributed by atoms with van der Waals surface area (Å²) in [5.74, 6) is 0.864. The number of guanidine groups is 1. The highest BCUT2D eigenvalue weighted by atomic mass is 127.